The third-order valence-corrected chi connectivity index (χ3v) is 4.48. The summed E-state index contributed by atoms with van der Waals surface area (Å²) in [5.74, 6) is 0.317. The van der Waals surface area contributed by atoms with Crippen LogP contribution in [0.5, 0.6) is 0 Å². The van der Waals surface area contributed by atoms with Crippen molar-refractivity contribution in [2.75, 3.05) is 25.0 Å². The van der Waals surface area contributed by atoms with E-state index in [-0.39, 0.29) is 12.0 Å². The number of para-hydroxylation sites is 1. The highest BCUT2D eigenvalue weighted by atomic mass is 35.5. The summed E-state index contributed by atoms with van der Waals surface area (Å²) in [6.07, 6.45) is 1.62. The van der Waals surface area contributed by atoms with Crippen molar-refractivity contribution in [3.8, 4) is 0 Å². The number of nitrogens with zero attached hydrogens (tertiary/aromatic N) is 1. The first-order valence-electron chi connectivity index (χ1n) is 7.42. The van der Waals surface area contributed by atoms with Crippen molar-refractivity contribution in [2.24, 2.45) is 5.92 Å². The summed E-state index contributed by atoms with van der Waals surface area (Å²) in [5, 5.41) is 13.1. The van der Waals surface area contributed by atoms with Gasteiger partial charge in [0.15, 0.2) is 0 Å². The Labute approximate surface area is 131 Å². The Hall–Kier alpha value is -1.10. The number of piperidine rings is 1. The Morgan fingerprint density at radius 2 is 2.14 bits per heavy atom. The molecular weight excluding hydrogens is 288 g/mol. The van der Waals surface area contributed by atoms with Gasteiger partial charge in [-0.15, -0.1) is 0 Å². The molecule has 2 N–H and O–H groups in total. The number of aliphatic hydroxyl groups is 1. The molecule has 1 saturated heterocycles. The number of halogens is 1. The van der Waals surface area contributed by atoms with Crippen LogP contribution in [0.3, 0.4) is 0 Å². The van der Waals surface area contributed by atoms with Gasteiger partial charge in [0.1, 0.15) is 0 Å². The van der Waals surface area contributed by atoms with E-state index in [0.29, 0.717) is 23.2 Å². The SMILES string of the molecule is Cc1cccc(Cl)c1NC(=O)CN1CCC(C(C)O)CC1. The van der Waals surface area contributed by atoms with E-state index >= 15 is 0 Å². The number of amides is 1. The highest BCUT2D eigenvalue weighted by Gasteiger charge is 2.23. The van der Waals surface area contributed by atoms with Crippen molar-refractivity contribution in [1.29, 1.82) is 0 Å². The van der Waals surface area contributed by atoms with Gasteiger partial charge in [-0.1, -0.05) is 23.7 Å². The Kier molecular flexibility index (Phi) is 5.62. The largest absolute Gasteiger partial charge is 0.393 e. The number of aryl methyl sites for hydroxylation is 1. The highest BCUT2D eigenvalue weighted by molar-refractivity contribution is 6.33. The lowest BCUT2D eigenvalue weighted by atomic mass is 9.92. The first-order valence-corrected chi connectivity index (χ1v) is 7.80. The molecule has 1 aromatic rings. The predicted octanol–water partition coefficient (Wildman–Crippen LogP) is 2.68. The van der Waals surface area contributed by atoms with E-state index in [1.807, 2.05) is 26.0 Å². The predicted molar refractivity (Wildman–Crippen MR) is 85.7 cm³/mol. The fraction of sp³-hybridized carbons (Fsp3) is 0.562. The molecule has 0 aliphatic carbocycles. The van der Waals surface area contributed by atoms with Crippen LogP contribution in [0.15, 0.2) is 18.2 Å². The Balaban J connectivity index is 1.86. The lowest BCUT2D eigenvalue weighted by molar-refractivity contribution is -0.117. The van der Waals surface area contributed by atoms with Crippen molar-refractivity contribution in [1.82, 2.24) is 4.90 Å². The maximum absolute atomic E-state index is 12.1. The molecule has 2 rings (SSSR count). The molecule has 1 unspecified atom stereocenters. The molecule has 0 radical (unpaired) electrons. The topological polar surface area (TPSA) is 52.6 Å². The molecule has 0 bridgehead atoms. The smallest absolute Gasteiger partial charge is 0.238 e. The van der Waals surface area contributed by atoms with E-state index in [1.54, 1.807) is 6.07 Å². The van der Waals surface area contributed by atoms with Gasteiger partial charge in [-0.2, -0.15) is 0 Å². The second-order valence-electron chi connectivity index (χ2n) is 5.83. The van der Waals surface area contributed by atoms with E-state index in [1.165, 1.54) is 0 Å². The molecule has 4 nitrogen and oxygen atoms in total. The van der Waals surface area contributed by atoms with E-state index in [4.69, 9.17) is 11.6 Å². The second-order valence-corrected chi connectivity index (χ2v) is 6.24. The standard InChI is InChI=1S/C16H23ClN2O2/c1-11-4-3-5-14(17)16(11)18-15(21)10-19-8-6-13(7-9-19)12(2)20/h3-5,12-13,20H,6-10H2,1-2H3,(H,18,21). The van der Waals surface area contributed by atoms with Crippen molar-refractivity contribution >= 4 is 23.2 Å². The van der Waals surface area contributed by atoms with Gasteiger partial charge in [0.25, 0.3) is 0 Å². The summed E-state index contributed by atoms with van der Waals surface area (Å²) in [6.45, 7) is 5.84. The van der Waals surface area contributed by atoms with Gasteiger partial charge in [0, 0.05) is 0 Å². The molecule has 5 heteroatoms. The summed E-state index contributed by atoms with van der Waals surface area (Å²) < 4.78 is 0. The molecule has 1 aliphatic heterocycles. The average Bonchev–Trinajstić information content (AvgIpc) is 2.43. The number of anilines is 1. The summed E-state index contributed by atoms with van der Waals surface area (Å²) >= 11 is 6.11. The van der Waals surface area contributed by atoms with Crippen molar-refractivity contribution in [3.63, 3.8) is 0 Å². The maximum atomic E-state index is 12.1. The van der Waals surface area contributed by atoms with Crippen LogP contribution in [-0.4, -0.2) is 41.7 Å². The summed E-state index contributed by atoms with van der Waals surface area (Å²) in [4.78, 5) is 14.3. The molecule has 0 saturated carbocycles. The third-order valence-electron chi connectivity index (χ3n) is 4.17. The fourth-order valence-corrected chi connectivity index (χ4v) is 3.03. The molecule has 1 atom stereocenters. The van der Waals surface area contributed by atoms with Gasteiger partial charge < -0.3 is 10.4 Å². The Morgan fingerprint density at radius 1 is 1.48 bits per heavy atom. The number of benzene rings is 1. The molecule has 1 fully saturated rings. The minimum absolute atomic E-state index is 0.0401. The maximum Gasteiger partial charge on any atom is 0.238 e. The van der Waals surface area contributed by atoms with Crippen LogP contribution in [-0.2, 0) is 4.79 Å². The molecule has 0 aromatic heterocycles. The lowest BCUT2D eigenvalue weighted by Gasteiger charge is -2.32. The minimum Gasteiger partial charge on any atom is -0.393 e. The van der Waals surface area contributed by atoms with Gasteiger partial charge in [-0.05, 0) is 57.3 Å². The highest BCUT2D eigenvalue weighted by Crippen LogP contribution is 2.25. The number of rotatable bonds is 4. The minimum atomic E-state index is -0.258. The number of hydrogen-bond donors (Lipinski definition) is 2. The lowest BCUT2D eigenvalue weighted by Crippen LogP contribution is -2.41. The zero-order chi connectivity index (χ0) is 15.4. The zero-order valence-corrected chi connectivity index (χ0v) is 13.4. The summed E-state index contributed by atoms with van der Waals surface area (Å²) in [6, 6.07) is 5.57. The van der Waals surface area contributed by atoms with Crippen LogP contribution < -0.4 is 5.32 Å². The van der Waals surface area contributed by atoms with Gasteiger partial charge in [0.05, 0.1) is 23.4 Å². The van der Waals surface area contributed by atoms with E-state index in [2.05, 4.69) is 10.2 Å². The van der Waals surface area contributed by atoms with Gasteiger partial charge >= 0.3 is 0 Å². The number of hydrogen-bond acceptors (Lipinski definition) is 3. The third kappa shape index (κ3) is 4.43. The molecule has 1 heterocycles. The zero-order valence-electron chi connectivity index (χ0n) is 12.6. The van der Waals surface area contributed by atoms with E-state index < -0.39 is 0 Å². The van der Waals surface area contributed by atoms with Gasteiger partial charge in [-0.3, -0.25) is 9.69 Å². The van der Waals surface area contributed by atoms with Crippen molar-refractivity contribution in [3.05, 3.63) is 28.8 Å². The normalized spacial score (nSPS) is 18.5. The molecular formula is C16H23ClN2O2. The number of carbonyl (C=O) groups excluding carboxylic acids is 1. The number of carbonyl (C=O) groups is 1. The Morgan fingerprint density at radius 3 is 2.71 bits per heavy atom. The molecule has 1 aromatic carbocycles. The first-order chi connectivity index (χ1) is 9.97. The molecule has 21 heavy (non-hydrogen) atoms. The number of likely N-dealkylation sites (tertiary alicyclic amines) is 1. The number of nitrogens with one attached hydrogen (secondary N) is 1. The van der Waals surface area contributed by atoms with Crippen molar-refractivity contribution < 1.29 is 9.90 Å². The fourth-order valence-electron chi connectivity index (χ4n) is 2.77. The summed E-state index contributed by atoms with van der Waals surface area (Å²) in [7, 11) is 0. The van der Waals surface area contributed by atoms with Crippen LogP contribution in [0.4, 0.5) is 5.69 Å². The van der Waals surface area contributed by atoms with E-state index in [9.17, 15) is 9.90 Å². The molecule has 1 aliphatic rings. The van der Waals surface area contributed by atoms with Crippen LogP contribution in [0.2, 0.25) is 5.02 Å². The van der Waals surface area contributed by atoms with Crippen LogP contribution in [0.1, 0.15) is 25.3 Å². The molecule has 0 spiro atoms. The van der Waals surface area contributed by atoms with Crippen LogP contribution >= 0.6 is 11.6 Å². The van der Waals surface area contributed by atoms with Gasteiger partial charge in [-0.25, -0.2) is 0 Å². The molecule has 116 valence electrons. The van der Waals surface area contributed by atoms with Crippen molar-refractivity contribution in [2.45, 2.75) is 32.8 Å². The van der Waals surface area contributed by atoms with Crippen LogP contribution in [0.25, 0.3) is 0 Å². The second kappa shape index (κ2) is 7.25. The first kappa shape index (κ1) is 16.3. The Bertz CT molecular complexity index is 477. The molecule has 1 amide bonds. The quantitative estimate of drug-likeness (QED) is 0.899. The van der Waals surface area contributed by atoms with Crippen LogP contribution in [0, 0.1) is 12.8 Å². The monoisotopic (exact) mass is 310 g/mol. The number of aliphatic hydroxyl groups excluding tert-OH is 1. The average molecular weight is 311 g/mol. The van der Waals surface area contributed by atoms with Gasteiger partial charge in [0.2, 0.25) is 5.91 Å². The summed E-state index contributed by atoms with van der Waals surface area (Å²) in [5.41, 5.74) is 1.66. The van der Waals surface area contributed by atoms with E-state index in [0.717, 1.165) is 31.5 Å².